The van der Waals surface area contributed by atoms with Crippen molar-refractivity contribution in [3.05, 3.63) is 18.1 Å². The maximum atomic E-state index is 11.6. The van der Waals surface area contributed by atoms with E-state index in [0.29, 0.717) is 0 Å². The summed E-state index contributed by atoms with van der Waals surface area (Å²) in [7, 11) is 0.0580. The summed E-state index contributed by atoms with van der Waals surface area (Å²) in [6.07, 6.45) is 2.74. The van der Waals surface area contributed by atoms with Crippen molar-refractivity contribution in [1.29, 1.82) is 0 Å². The van der Waals surface area contributed by atoms with Crippen molar-refractivity contribution in [2.45, 2.75) is 0 Å². The van der Waals surface area contributed by atoms with E-state index in [1.165, 1.54) is 17.1 Å². The summed E-state index contributed by atoms with van der Waals surface area (Å²) in [5.41, 5.74) is 0.161. The van der Waals surface area contributed by atoms with Crippen molar-refractivity contribution < 1.29 is 14.8 Å². The van der Waals surface area contributed by atoms with Crippen LogP contribution in [0.2, 0.25) is 0 Å². The van der Waals surface area contributed by atoms with Crippen molar-refractivity contribution in [3.8, 4) is 0 Å². The van der Waals surface area contributed by atoms with E-state index in [2.05, 4.69) is 20.6 Å². The molecule has 0 aromatic carbocycles. The van der Waals surface area contributed by atoms with Gasteiger partial charge in [0.1, 0.15) is 0 Å². The summed E-state index contributed by atoms with van der Waals surface area (Å²) in [4.78, 5) is 15.4. The Morgan fingerprint density at radius 1 is 1.59 bits per heavy atom. The Hall–Kier alpha value is -1.78. The van der Waals surface area contributed by atoms with Crippen LogP contribution in [0.3, 0.4) is 0 Å². The van der Waals surface area contributed by atoms with Gasteiger partial charge in [-0.05, 0) is 0 Å². The molecule has 17 heavy (non-hydrogen) atoms. The lowest BCUT2D eigenvalue weighted by molar-refractivity contribution is 0.102. The van der Waals surface area contributed by atoms with Gasteiger partial charge in [0.2, 0.25) is 0 Å². The molecule has 2 aromatic heterocycles. The Labute approximate surface area is 100 Å². The third-order valence-corrected chi connectivity index (χ3v) is 2.79. The first-order valence-electron chi connectivity index (χ1n) is 4.56. The molecule has 0 saturated carbocycles. The van der Waals surface area contributed by atoms with E-state index >= 15 is 0 Å². The summed E-state index contributed by atoms with van der Waals surface area (Å²) in [5, 5.41) is 27.8. The summed E-state index contributed by atoms with van der Waals surface area (Å²) >= 11 is 0.973. The normalized spacial score (nSPS) is 10.3. The van der Waals surface area contributed by atoms with E-state index in [4.69, 9.17) is 10.0 Å². The van der Waals surface area contributed by atoms with Gasteiger partial charge in [0, 0.05) is 13.2 Å². The van der Waals surface area contributed by atoms with Crippen LogP contribution >= 0.6 is 11.3 Å². The number of hydrogen-bond acceptors (Lipinski definition) is 7. The van der Waals surface area contributed by atoms with E-state index in [0.717, 1.165) is 11.3 Å². The van der Waals surface area contributed by atoms with Crippen LogP contribution in [-0.4, -0.2) is 43.1 Å². The average molecular weight is 253 g/mol. The van der Waals surface area contributed by atoms with Gasteiger partial charge >= 0.3 is 7.12 Å². The van der Waals surface area contributed by atoms with Gasteiger partial charge in [-0.25, -0.2) is 4.98 Å². The molecule has 0 atom stereocenters. The smallest absolute Gasteiger partial charge is 0.423 e. The fourth-order valence-corrected chi connectivity index (χ4v) is 1.76. The molecular weight excluding hydrogens is 245 g/mol. The minimum atomic E-state index is -1.59. The quantitative estimate of drug-likeness (QED) is 0.556. The van der Waals surface area contributed by atoms with Gasteiger partial charge in [-0.15, -0.1) is 16.4 Å². The van der Waals surface area contributed by atoms with Crippen molar-refractivity contribution >= 4 is 34.3 Å². The van der Waals surface area contributed by atoms with E-state index in [1.807, 2.05) is 0 Å². The number of carbonyl (C=O) groups is 1. The number of anilines is 1. The number of carbonyl (C=O) groups excluding carboxylic acids is 1. The Balaban J connectivity index is 2.07. The monoisotopic (exact) mass is 253 g/mol. The summed E-state index contributed by atoms with van der Waals surface area (Å²) in [6.45, 7) is 0. The maximum absolute atomic E-state index is 11.6. The van der Waals surface area contributed by atoms with Crippen LogP contribution in [0.25, 0.3) is 0 Å². The molecule has 0 aliphatic heterocycles. The van der Waals surface area contributed by atoms with Crippen LogP contribution in [-0.2, 0) is 7.05 Å². The first kappa shape index (κ1) is 11.7. The highest BCUT2D eigenvalue weighted by atomic mass is 32.1. The van der Waals surface area contributed by atoms with Crippen molar-refractivity contribution in [2.24, 2.45) is 7.05 Å². The number of amides is 1. The molecule has 0 aliphatic carbocycles. The first-order valence-corrected chi connectivity index (χ1v) is 5.37. The molecular formula is C7H8BN5O3S. The predicted octanol–water partition coefficient (Wildman–Crippen LogP) is -1.80. The molecule has 3 N–H and O–H groups in total. The number of nitrogens with one attached hydrogen (secondary N) is 1. The van der Waals surface area contributed by atoms with Gasteiger partial charge < -0.3 is 10.0 Å². The second-order valence-electron chi connectivity index (χ2n) is 3.17. The largest absolute Gasteiger partial charge is 0.500 e. The molecule has 0 unspecified atom stereocenters. The minimum absolute atomic E-state index is 0.161. The zero-order valence-corrected chi connectivity index (χ0v) is 9.55. The standard InChI is InChI=1S/C7H8BN5O3S/c1-13-3-4(11-12-13)6(14)10-7-9-2-5(17-7)8(15)16/h2-3,15-16H,1H3,(H,9,10,14). The van der Waals surface area contributed by atoms with Crippen LogP contribution in [0.5, 0.6) is 0 Å². The lowest BCUT2D eigenvalue weighted by atomic mass is 9.91. The van der Waals surface area contributed by atoms with Crippen LogP contribution < -0.4 is 10.1 Å². The van der Waals surface area contributed by atoms with Gasteiger partial charge in [-0.1, -0.05) is 5.21 Å². The van der Waals surface area contributed by atoms with Crippen LogP contribution in [0.15, 0.2) is 12.4 Å². The van der Waals surface area contributed by atoms with Gasteiger partial charge in [-0.3, -0.25) is 14.8 Å². The second-order valence-corrected chi connectivity index (χ2v) is 4.24. The lowest BCUT2D eigenvalue weighted by Gasteiger charge is -1.96. The summed E-state index contributed by atoms with van der Waals surface area (Å²) < 4.78 is 1.65. The second kappa shape index (κ2) is 4.61. The zero-order valence-electron chi connectivity index (χ0n) is 8.73. The maximum Gasteiger partial charge on any atom is 0.500 e. The van der Waals surface area contributed by atoms with E-state index in [9.17, 15) is 4.79 Å². The molecule has 0 bridgehead atoms. The highest BCUT2D eigenvalue weighted by Gasteiger charge is 2.17. The Bertz CT molecular complexity index is 539. The molecule has 0 fully saturated rings. The molecule has 88 valence electrons. The number of rotatable bonds is 3. The van der Waals surface area contributed by atoms with E-state index < -0.39 is 13.0 Å². The molecule has 2 rings (SSSR count). The molecule has 2 aromatic rings. The van der Waals surface area contributed by atoms with E-state index in [-0.39, 0.29) is 15.6 Å². The Morgan fingerprint density at radius 3 is 2.88 bits per heavy atom. The predicted molar refractivity (Wildman–Crippen MR) is 60.9 cm³/mol. The number of thiazole rings is 1. The topological polar surface area (TPSA) is 113 Å². The van der Waals surface area contributed by atoms with Crippen LogP contribution in [0.1, 0.15) is 10.5 Å². The molecule has 2 heterocycles. The van der Waals surface area contributed by atoms with Crippen molar-refractivity contribution in [1.82, 2.24) is 20.0 Å². The molecule has 0 aliphatic rings. The molecule has 0 spiro atoms. The Kier molecular flexibility index (Phi) is 3.18. The molecule has 0 radical (unpaired) electrons. The van der Waals surface area contributed by atoms with Crippen LogP contribution in [0.4, 0.5) is 5.13 Å². The lowest BCUT2D eigenvalue weighted by Crippen LogP contribution is -2.26. The highest BCUT2D eigenvalue weighted by Crippen LogP contribution is 2.10. The highest BCUT2D eigenvalue weighted by molar-refractivity contribution is 7.25. The molecule has 10 heteroatoms. The Morgan fingerprint density at radius 2 is 2.35 bits per heavy atom. The average Bonchev–Trinajstić information content (AvgIpc) is 2.86. The van der Waals surface area contributed by atoms with Gasteiger partial charge in [0.15, 0.2) is 10.8 Å². The van der Waals surface area contributed by atoms with Crippen molar-refractivity contribution in [2.75, 3.05) is 5.32 Å². The van der Waals surface area contributed by atoms with Gasteiger partial charge in [-0.2, -0.15) is 0 Å². The number of aryl methyl sites for hydroxylation is 1. The summed E-state index contributed by atoms with van der Waals surface area (Å²) in [6, 6.07) is 0. The third kappa shape index (κ3) is 2.67. The fourth-order valence-electron chi connectivity index (χ4n) is 1.08. The first-order chi connectivity index (χ1) is 8.06. The fraction of sp³-hybridized carbons (Fsp3) is 0.143. The van der Waals surface area contributed by atoms with E-state index in [1.54, 1.807) is 7.05 Å². The van der Waals surface area contributed by atoms with Gasteiger partial charge in [0.05, 0.1) is 11.0 Å². The molecule has 0 saturated heterocycles. The third-order valence-electron chi connectivity index (χ3n) is 1.83. The molecule has 1 amide bonds. The van der Waals surface area contributed by atoms with Crippen molar-refractivity contribution in [3.63, 3.8) is 0 Å². The van der Waals surface area contributed by atoms with Crippen LogP contribution in [0, 0.1) is 0 Å². The van der Waals surface area contributed by atoms with Gasteiger partial charge in [0.25, 0.3) is 5.91 Å². The molecule has 8 nitrogen and oxygen atoms in total. The zero-order chi connectivity index (χ0) is 12.4. The number of aromatic nitrogens is 4. The summed E-state index contributed by atoms with van der Waals surface area (Å²) in [5.74, 6) is -0.452. The number of nitrogens with zero attached hydrogens (tertiary/aromatic N) is 4. The SMILES string of the molecule is Cn1cc(C(=O)Nc2ncc(B(O)O)s2)nn1. The minimum Gasteiger partial charge on any atom is -0.423 e. The number of hydrogen-bond donors (Lipinski definition) is 3.